The van der Waals surface area contributed by atoms with Gasteiger partial charge in [0.15, 0.2) is 0 Å². The Morgan fingerprint density at radius 1 is 1.32 bits per heavy atom. The minimum absolute atomic E-state index is 0.0809. The van der Waals surface area contributed by atoms with Crippen LogP contribution in [0.1, 0.15) is 15.9 Å². The first-order valence-corrected chi connectivity index (χ1v) is 6.61. The number of aryl methyl sites for hydroxylation is 1. The lowest BCUT2D eigenvalue weighted by Crippen LogP contribution is -2.46. The zero-order valence-corrected chi connectivity index (χ0v) is 11.0. The van der Waals surface area contributed by atoms with Crippen molar-refractivity contribution in [1.82, 2.24) is 15.2 Å². The summed E-state index contributed by atoms with van der Waals surface area (Å²) in [5.74, 6) is 0.0809. The van der Waals surface area contributed by atoms with Crippen LogP contribution in [0.5, 0.6) is 0 Å². The molecule has 1 aliphatic heterocycles. The predicted octanol–water partition coefficient (Wildman–Crippen LogP) is 1.59. The Bertz CT molecular complexity index is 618. The second-order valence-corrected chi connectivity index (χ2v) is 4.91. The van der Waals surface area contributed by atoms with Crippen molar-refractivity contribution in [3.63, 3.8) is 0 Å². The molecule has 1 aliphatic rings. The molecule has 3 rings (SSSR count). The maximum absolute atomic E-state index is 12.4. The molecule has 1 N–H and O–H groups in total. The van der Waals surface area contributed by atoms with Crippen molar-refractivity contribution in [2.75, 3.05) is 26.2 Å². The number of aromatic nitrogens is 1. The third-order valence-electron chi connectivity index (χ3n) is 3.56. The average molecular weight is 255 g/mol. The molecule has 1 amide bonds. The summed E-state index contributed by atoms with van der Waals surface area (Å²) in [4.78, 5) is 18.7. The highest BCUT2D eigenvalue weighted by Crippen LogP contribution is 2.18. The summed E-state index contributed by atoms with van der Waals surface area (Å²) in [6.45, 7) is 5.31. The number of para-hydroxylation sites is 1. The molecule has 1 aromatic heterocycles. The molecular weight excluding hydrogens is 238 g/mol. The molecule has 4 heteroatoms. The van der Waals surface area contributed by atoms with E-state index in [2.05, 4.69) is 10.3 Å². The quantitative estimate of drug-likeness (QED) is 0.841. The van der Waals surface area contributed by atoms with Crippen LogP contribution in [0.4, 0.5) is 0 Å². The molecule has 0 spiro atoms. The Morgan fingerprint density at radius 2 is 2.11 bits per heavy atom. The molecule has 0 radical (unpaired) electrons. The van der Waals surface area contributed by atoms with Crippen LogP contribution in [-0.2, 0) is 0 Å². The fraction of sp³-hybridized carbons (Fsp3) is 0.333. The zero-order chi connectivity index (χ0) is 13.2. The SMILES string of the molecule is Cc1cccc2cc(C(=O)N3CCNCC3)cnc12. The van der Waals surface area contributed by atoms with Crippen LogP contribution in [0.15, 0.2) is 30.5 Å². The molecule has 0 saturated carbocycles. The van der Waals surface area contributed by atoms with E-state index in [4.69, 9.17) is 0 Å². The van der Waals surface area contributed by atoms with Crippen LogP contribution >= 0.6 is 0 Å². The first kappa shape index (κ1) is 12.1. The lowest BCUT2D eigenvalue weighted by molar-refractivity contribution is 0.0735. The molecule has 19 heavy (non-hydrogen) atoms. The number of rotatable bonds is 1. The van der Waals surface area contributed by atoms with Crippen molar-refractivity contribution in [3.05, 3.63) is 41.6 Å². The number of nitrogens with one attached hydrogen (secondary N) is 1. The smallest absolute Gasteiger partial charge is 0.255 e. The van der Waals surface area contributed by atoms with Gasteiger partial charge in [0.1, 0.15) is 0 Å². The van der Waals surface area contributed by atoms with Crippen LogP contribution in [-0.4, -0.2) is 42.0 Å². The highest BCUT2D eigenvalue weighted by Gasteiger charge is 2.18. The topological polar surface area (TPSA) is 45.2 Å². The van der Waals surface area contributed by atoms with Gasteiger partial charge in [-0.25, -0.2) is 0 Å². The van der Waals surface area contributed by atoms with Crippen molar-refractivity contribution >= 4 is 16.8 Å². The lowest BCUT2D eigenvalue weighted by Gasteiger charge is -2.27. The van der Waals surface area contributed by atoms with Crippen molar-refractivity contribution in [2.45, 2.75) is 6.92 Å². The Kier molecular flexibility index (Phi) is 3.17. The predicted molar refractivity (Wildman–Crippen MR) is 75.3 cm³/mol. The molecule has 0 atom stereocenters. The number of carbonyl (C=O) groups is 1. The van der Waals surface area contributed by atoms with E-state index in [0.717, 1.165) is 42.6 Å². The van der Waals surface area contributed by atoms with E-state index in [-0.39, 0.29) is 5.91 Å². The first-order valence-electron chi connectivity index (χ1n) is 6.61. The average Bonchev–Trinajstić information content (AvgIpc) is 2.47. The third kappa shape index (κ3) is 2.31. The third-order valence-corrected chi connectivity index (χ3v) is 3.56. The van der Waals surface area contributed by atoms with Gasteiger partial charge in [-0.05, 0) is 18.6 Å². The van der Waals surface area contributed by atoms with E-state index in [0.29, 0.717) is 5.56 Å². The van der Waals surface area contributed by atoms with Crippen LogP contribution < -0.4 is 5.32 Å². The van der Waals surface area contributed by atoms with Gasteiger partial charge < -0.3 is 10.2 Å². The Hall–Kier alpha value is -1.94. The second kappa shape index (κ2) is 4.97. The molecule has 0 aliphatic carbocycles. The maximum atomic E-state index is 12.4. The van der Waals surface area contributed by atoms with Gasteiger partial charge in [0.05, 0.1) is 11.1 Å². The number of fused-ring (bicyclic) bond motifs is 1. The summed E-state index contributed by atoms with van der Waals surface area (Å²) >= 11 is 0. The fourth-order valence-electron chi connectivity index (χ4n) is 2.48. The van der Waals surface area contributed by atoms with Crippen LogP contribution in [0, 0.1) is 6.92 Å². The largest absolute Gasteiger partial charge is 0.336 e. The van der Waals surface area contributed by atoms with Crippen LogP contribution in [0.25, 0.3) is 10.9 Å². The van der Waals surface area contributed by atoms with Gasteiger partial charge in [-0.3, -0.25) is 9.78 Å². The van der Waals surface area contributed by atoms with E-state index in [1.165, 1.54) is 0 Å². The van der Waals surface area contributed by atoms with E-state index in [1.807, 2.05) is 36.1 Å². The minimum atomic E-state index is 0.0809. The van der Waals surface area contributed by atoms with Crippen LogP contribution in [0.3, 0.4) is 0 Å². The number of carbonyl (C=O) groups excluding carboxylic acids is 1. The van der Waals surface area contributed by atoms with Gasteiger partial charge in [-0.15, -0.1) is 0 Å². The van der Waals surface area contributed by atoms with Crippen molar-refractivity contribution in [1.29, 1.82) is 0 Å². The Balaban J connectivity index is 1.94. The number of nitrogens with zero attached hydrogens (tertiary/aromatic N) is 2. The number of benzene rings is 1. The Morgan fingerprint density at radius 3 is 2.89 bits per heavy atom. The van der Waals surface area contributed by atoms with Crippen molar-refractivity contribution in [3.8, 4) is 0 Å². The molecule has 0 bridgehead atoms. The lowest BCUT2D eigenvalue weighted by atomic mass is 10.1. The maximum Gasteiger partial charge on any atom is 0.255 e. The van der Waals surface area contributed by atoms with Gasteiger partial charge in [0.25, 0.3) is 5.91 Å². The minimum Gasteiger partial charge on any atom is -0.336 e. The second-order valence-electron chi connectivity index (χ2n) is 4.91. The Labute approximate surface area is 112 Å². The number of piperazine rings is 1. The highest BCUT2D eigenvalue weighted by molar-refractivity contribution is 5.97. The summed E-state index contributed by atoms with van der Waals surface area (Å²) in [5, 5.41) is 4.28. The van der Waals surface area contributed by atoms with E-state index in [9.17, 15) is 4.79 Å². The summed E-state index contributed by atoms with van der Waals surface area (Å²) in [6, 6.07) is 7.98. The van der Waals surface area contributed by atoms with Crippen molar-refractivity contribution < 1.29 is 4.79 Å². The van der Waals surface area contributed by atoms with Gasteiger partial charge in [-0.1, -0.05) is 18.2 Å². The molecule has 98 valence electrons. The molecule has 2 aromatic rings. The summed E-state index contributed by atoms with van der Waals surface area (Å²) in [6.07, 6.45) is 1.69. The number of hydrogen-bond acceptors (Lipinski definition) is 3. The van der Waals surface area contributed by atoms with E-state index >= 15 is 0 Å². The molecule has 1 fully saturated rings. The number of amides is 1. The van der Waals surface area contributed by atoms with Gasteiger partial charge in [-0.2, -0.15) is 0 Å². The number of hydrogen-bond donors (Lipinski definition) is 1. The van der Waals surface area contributed by atoms with Gasteiger partial charge in [0.2, 0.25) is 0 Å². The van der Waals surface area contributed by atoms with Gasteiger partial charge in [0, 0.05) is 37.8 Å². The molecule has 0 unspecified atom stereocenters. The van der Waals surface area contributed by atoms with Crippen molar-refractivity contribution in [2.24, 2.45) is 0 Å². The normalized spacial score (nSPS) is 15.7. The molecule has 1 saturated heterocycles. The summed E-state index contributed by atoms with van der Waals surface area (Å²) in [5.41, 5.74) is 2.79. The molecule has 1 aromatic carbocycles. The molecule has 2 heterocycles. The molecule has 4 nitrogen and oxygen atoms in total. The summed E-state index contributed by atoms with van der Waals surface area (Å²) < 4.78 is 0. The van der Waals surface area contributed by atoms with E-state index in [1.54, 1.807) is 6.20 Å². The van der Waals surface area contributed by atoms with E-state index < -0.39 is 0 Å². The summed E-state index contributed by atoms with van der Waals surface area (Å²) in [7, 11) is 0. The zero-order valence-electron chi connectivity index (χ0n) is 11.0. The monoisotopic (exact) mass is 255 g/mol. The fourth-order valence-corrected chi connectivity index (χ4v) is 2.48. The first-order chi connectivity index (χ1) is 9.25. The standard InChI is InChI=1S/C15H17N3O/c1-11-3-2-4-12-9-13(10-17-14(11)12)15(19)18-7-5-16-6-8-18/h2-4,9-10,16H,5-8H2,1H3. The van der Waals surface area contributed by atoms with Crippen LogP contribution in [0.2, 0.25) is 0 Å². The number of pyridine rings is 1. The van der Waals surface area contributed by atoms with Gasteiger partial charge >= 0.3 is 0 Å². The molecular formula is C15H17N3O. The highest BCUT2D eigenvalue weighted by atomic mass is 16.2.